The molecule has 21 heteroatoms. The van der Waals surface area contributed by atoms with Gasteiger partial charge in [0.15, 0.2) is 0 Å². The number of rotatable bonds is 12. The normalized spacial score (nSPS) is 9.81. The number of methoxy groups -OCH3 is 4. The molecule has 0 atom stereocenters. The Balaban J connectivity index is 0.000000224. The Hall–Kier alpha value is -13.3. The van der Waals surface area contributed by atoms with E-state index in [-0.39, 0.29) is 11.5 Å². The molecule has 3 heterocycles. The summed E-state index contributed by atoms with van der Waals surface area (Å²) in [7, 11) is 5.42. The van der Waals surface area contributed by atoms with Crippen LogP contribution in [0.25, 0.3) is 88.7 Å². The number of anilines is 1. The smallest absolute Gasteiger partial charge is 0.337 e. The number of nitrogens with one attached hydrogen (secondary N) is 3. The number of primary amides is 2. The van der Waals surface area contributed by atoms with Crippen LogP contribution in [0.5, 0.6) is 0 Å². The third kappa shape index (κ3) is 25.6. The van der Waals surface area contributed by atoms with E-state index in [2.05, 4.69) is 97.4 Å². The van der Waals surface area contributed by atoms with E-state index in [4.69, 9.17) is 37.8 Å². The minimum absolute atomic E-state index is 0.195. The van der Waals surface area contributed by atoms with Gasteiger partial charge < -0.3 is 56.2 Å². The SMILES string of the molecule is C#Cc1cc(Br)cc(C(=O)OC)c1.CC.CC.CC.CC.COC(=O)c1cc(-c2ccc(C(N)=O)cc2)cc(-c2cc3ccccc3[nH]2)c1.COC(=O)c1cc(Br)cc(-c2cc3ccccc3[nH]2)c1.COC(=O)c1cc(Br)cc(C#Cc2ccccc2N)c1.NC(=O)c1ccc(-c2cc(C(=O)O)cc(-c3cc4ccccc4[nH]3)c2)cc1. The van der Waals surface area contributed by atoms with E-state index < -0.39 is 35.7 Å². The molecule has 18 nitrogen and oxygen atoms in total. The molecular weight excluding hydrogens is 1660 g/mol. The number of esters is 4. The Kier molecular flexibility index (Phi) is 36.3. The number of carbonyl (C=O) groups excluding carboxylic acids is 6. The monoisotopic (exact) mass is 1740 g/mol. The molecule has 592 valence electrons. The number of para-hydroxylation sites is 4. The molecule has 0 saturated carbocycles. The molecule has 0 fully saturated rings. The average molecular weight is 1750 g/mol. The van der Waals surface area contributed by atoms with Gasteiger partial charge >= 0.3 is 29.8 Å². The van der Waals surface area contributed by atoms with Crippen LogP contribution in [-0.2, 0) is 18.9 Å². The third-order valence-corrected chi connectivity index (χ3v) is 17.9. The number of aromatic nitrogens is 3. The minimum atomic E-state index is -0.997. The highest BCUT2D eigenvalue weighted by Crippen LogP contribution is 2.34. The van der Waals surface area contributed by atoms with Crippen molar-refractivity contribution in [3.8, 4) is 80.2 Å². The fourth-order valence-electron chi connectivity index (χ4n) is 11.1. The van der Waals surface area contributed by atoms with Crippen LogP contribution in [0.15, 0.2) is 268 Å². The highest BCUT2D eigenvalue weighted by Gasteiger charge is 2.17. The zero-order chi connectivity index (χ0) is 85.1. The minimum Gasteiger partial charge on any atom is -0.478 e. The van der Waals surface area contributed by atoms with Crippen molar-refractivity contribution in [2.75, 3.05) is 34.2 Å². The first-order valence-corrected chi connectivity index (χ1v) is 39.0. The number of fused-ring (bicyclic) bond motifs is 3. The lowest BCUT2D eigenvalue weighted by atomic mass is 9.97. The summed E-state index contributed by atoms with van der Waals surface area (Å²) in [6.07, 6.45) is 5.21. The van der Waals surface area contributed by atoms with Crippen LogP contribution >= 0.6 is 47.8 Å². The van der Waals surface area contributed by atoms with E-state index in [1.54, 1.807) is 103 Å². The summed E-state index contributed by atoms with van der Waals surface area (Å²) >= 11 is 10.0. The standard InChI is InChI=1S/C23H18N2O3.C22H16N2O3.2C16H12BrNO2.C10H7BrO2.4C2H6/c1-28-23(27)19-11-17(14-6-8-15(9-7-14)22(24)26)10-18(12-19)21-13-16-4-2-3-5-20(16)25-21;23-21(25)14-7-5-13(6-8-14)16-9-17(11-18(10-16)22(26)27)20-12-15-3-1-2-4-19(15)24-20;1-20-16(19)12-6-11(7-13(17)8-12)15-9-10-4-2-3-5-14(10)18-15;1-20-16(19)13-8-11(9-14(17)10-13)6-7-12-4-2-3-5-15(12)18;1-3-7-4-8(10(12)13-2)6-9(11)5-7;4*1-2/h2-13,25H,1H3,(H2,24,26);1-12,24H,(H2,23,25)(H,26,27);2-9,18H,1H3;2-5,8-10H,18H2,1H3;1,4-6H,2H3;4*1-2H3. The molecule has 0 radical (unpaired) electrons. The number of H-pyrrole nitrogens is 3. The second kappa shape index (κ2) is 46.0. The molecule has 14 aromatic rings. The van der Waals surface area contributed by atoms with Gasteiger partial charge in [-0.3, -0.25) is 9.59 Å². The Labute approximate surface area is 700 Å². The summed E-state index contributed by atoms with van der Waals surface area (Å²) in [5, 5.41) is 12.8. The number of aromatic carboxylic acids is 1. The molecular formula is C95H89Br3N6O12. The number of carboxylic acid groups (broad SMARTS) is 1. The number of terminal acetylenes is 1. The summed E-state index contributed by atoms with van der Waals surface area (Å²) in [6, 6.07) is 77.7. The second-order valence-corrected chi connectivity index (χ2v) is 26.5. The second-order valence-electron chi connectivity index (χ2n) is 23.7. The highest BCUT2D eigenvalue weighted by molar-refractivity contribution is 9.11. The largest absolute Gasteiger partial charge is 0.478 e. The predicted molar refractivity (Wildman–Crippen MR) is 478 cm³/mol. The van der Waals surface area contributed by atoms with E-state index in [1.807, 2.05) is 195 Å². The topological polar surface area (TPSA) is 302 Å². The Morgan fingerprint density at radius 3 is 1.01 bits per heavy atom. The molecule has 11 aromatic carbocycles. The molecule has 3 aromatic heterocycles. The first kappa shape index (κ1) is 91.6. The fourth-order valence-corrected chi connectivity index (χ4v) is 12.6. The van der Waals surface area contributed by atoms with Gasteiger partial charge in [-0.1, -0.05) is 212 Å². The summed E-state index contributed by atoms with van der Waals surface area (Å²) in [5.74, 6) is 4.92. The molecule has 0 aliphatic rings. The number of nitrogen functional groups attached to an aromatic ring is 1. The number of halogens is 3. The third-order valence-electron chi connectivity index (χ3n) is 16.5. The maximum Gasteiger partial charge on any atom is 0.337 e. The van der Waals surface area contributed by atoms with Crippen LogP contribution in [0.1, 0.15) is 145 Å². The van der Waals surface area contributed by atoms with Crippen molar-refractivity contribution in [2.45, 2.75) is 55.4 Å². The van der Waals surface area contributed by atoms with Gasteiger partial charge in [-0.05, 0) is 203 Å². The highest BCUT2D eigenvalue weighted by atomic mass is 79.9. The lowest BCUT2D eigenvalue weighted by molar-refractivity contribution is 0.0591. The van der Waals surface area contributed by atoms with Gasteiger partial charge in [0.05, 0.1) is 56.3 Å². The van der Waals surface area contributed by atoms with Crippen LogP contribution in [0.3, 0.4) is 0 Å². The van der Waals surface area contributed by atoms with Crippen LogP contribution in [0.2, 0.25) is 0 Å². The van der Waals surface area contributed by atoms with Crippen molar-refractivity contribution < 1.29 is 57.6 Å². The molecule has 14 rings (SSSR count). The van der Waals surface area contributed by atoms with Gasteiger partial charge in [0, 0.05) is 96.7 Å². The molecule has 0 saturated heterocycles. The van der Waals surface area contributed by atoms with Gasteiger partial charge in [0.2, 0.25) is 11.8 Å². The van der Waals surface area contributed by atoms with Crippen LogP contribution in [-0.4, -0.2) is 90.2 Å². The van der Waals surface area contributed by atoms with Crippen LogP contribution in [0, 0.1) is 24.2 Å². The van der Waals surface area contributed by atoms with Gasteiger partial charge in [0.25, 0.3) is 0 Å². The van der Waals surface area contributed by atoms with Crippen molar-refractivity contribution in [3.05, 3.63) is 324 Å². The first-order valence-electron chi connectivity index (χ1n) is 36.7. The maximum absolute atomic E-state index is 12.2. The summed E-state index contributed by atoms with van der Waals surface area (Å²) in [5.41, 5.74) is 33.7. The van der Waals surface area contributed by atoms with Crippen molar-refractivity contribution in [3.63, 3.8) is 0 Å². The zero-order valence-corrected chi connectivity index (χ0v) is 70.9. The molecule has 2 amide bonds. The number of hydrogen-bond donors (Lipinski definition) is 7. The molecule has 116 heavy (non-hydrogen) atoms. The fraction of sp³-hybridized carbons (Fsp3) is 0.126. The number of amides is 2. The molecule has 0 unspecified atom stereocenters. The number of carbonyl (C=O) groups is 7. The number of benzene rings is 11. The van der Waals surface area contributed by atoms with Gasteiger partial charge in [-0.25, -0.2) is 24.0 Å². The zero-order valence-electron chi connectivity index (χ0n) is 66.1. The van der Waals surface area contributed by atoms with Crippen molar-refractivity contribution in [2.24, 2.45) is 11.5 Å². The van der Waals surface area contributed by atoms with Crippen LogP contribution < -0.4 is 17.2 Å². The Bertz CT molecular complexity index is 5770. The quantitative estimate of drug-likeness (QED) is 0.0259. The Morgan fingerprint density at radius 1 is 0.336 bits per heavy atom. The average Bonchev–Trinajstić information content (AvgIpc) is 1.43. The van der Waals surface area contributed by atoms with E-state index >= 15 is 0 Å². The molecule has 0 aliphatic heterocycles. The number of carboxylic acids is 1. The number of ether oxygens (including phenoxy) is 4. The molecule has 0 spiro atoms. The Morgan fingerprint density at radius 2 is 0.647 bits per heavy atom. The summed E-state index contributed by atoms with van der Waals surface area (Å²) < 4.78 is 21.3. The molecule has 0 bridgehead atoms. The van der Waals surface area contributed by atoms with E-state index in [9.17, 15) is 38.7 Å². The number of nitrogens with two attached hydrogens (primary N) is 3. The lowest BCUT2D eigenvalue weighted by Gasteiger charge is -2.09. The molecule has 0 aliphatic carbocycles. The summed E-state index contributed by atoms with van der Waals surface area (Å²) in [4.78, 5) is 90.8. The van der Waals surface area contributed by atoms with Gasteiger partial charge in [-0.2, -0.15) is 0 Å². The predicted octanol–water partition coefficient (Wildman–Crippen LogP) is 22.6. The van der Waals surface area contributed by atoms with Crippen molar-refractivity contribution in [1.82, 2.24) is 15.0 Å². The lowest BCUT2D eigenvalue weighted by Crippen LogP contribution is -2.10. The van der Waals surface area contributed by atoms with E-state index in [1.165, 1.54) is 28.4 Å². The van der Waals surface area contributed by atoms with E-state index in [0.29, 0.717) is 50.2 Å². The maximum atomic E-state index is 12.2. The van der Waals surface area contributed by atoms with Crippen LogP contribution in [0.4, 0.5) is 5.69 Å². The number of aromatic amines is 3. The first-order chi connectivity index (χ1) is 56.0. The van der Waals surface area contributed by atoms with Gasteiger partial charge in [-0.15, -0.1) is 6.42 Å². The molecule has 10 N–H and O–H groups in total. The summed E-state index contributed by atoms with van der Waals surface area (Å²) in [6.45, 7) is 16.0. The van der Waals surface area contributed by atoms with Gasteiger partial charge in [0.1, 0.15) is 0 Å². The number of hydrogen-bond acceptors (Lipinski definition) is 12. The van der Waals surface area contributed by atoms with Crippen molar-refractivity contribution in [1.29, 1.82) is 0 Å². The van der Waals surface area contributed by atoms with Crippen molar-refractivity contribution >= 4 is 128 Å². The van der Waals surface area contributed by atoms with E-state index in [0.717, 1.165) is 108 Å².